The third-order valence-electron chi connectivity index (χ3n) is 4.68. The van der Waals surface area contributed by atoms with E-state index in [0.717, 1.165) is 16.7 Å². The minimum absolute atomic E-state index is 0.1000. The van der Waals surface area contributed by atoms with Crippen LogP contribution in [-0.2, 0) is 22.4 Å². The van der Waals surface area contributed by atoms with Gasteiger partial charge in [0, 0.05) is 5.69 Å². The molecule has 25 heavy (non-hydrogen) atoms. The van der Waals surface area contributed by atoms with Gasteiger partial charge in [-0.1, -0.05) is 25.1 Å². The highest BCUT2D eigenvalue weighted by molar-refractivity contribution is 5.96. The number of carbonyl (C=O) groups is 2. The lowest BCUT2D eigenvalue weighted by molar-refractivity contribution is -0.141. The zero-order chi connectivity index (χ0) is 18.0. The summed E-state index contributed by atoms with van der Waals surface area (Å²) in [6.45, 7) is 1.67. The van der Waals surface area contributed by atoms with Gasteiger partial charge in [-0.3, -0.25) is 9.59 Å². The van der Waals surface area contributed by atoms with Gasteiger partial charge in [-0.05, 0) is 60.2 Å². The van der Waals surface area contributed by atoms with E-state index in [4.69, 9.17) is 5.11 Å². The molecule has 4 nitrogen and oxygen atoms in total. The second-order valence-electron chi connectivity index (χ2n) is 6.56. The molecule has 0 aromatic heterocycles. The fourth-order valence-electron chi connectivity index (χ4n) is 3.25. The number of rotatable bonds is 5. The summed E-state index contributed by atoms with van der Waals surface area (Å²) in [6.07, 6.45) is 1.83. The van der Waals surface area contributed by atoms with E-state index in [1.54, 1.807) is 25.1 Å². The highest BCUT2D eigenvalue weighted by atomic mass is 19.1. The normalized spacial score (nSPS) is 17.0. The molecule has 0 aliphatic heterocycles. The van der Waals surface area contributed by atoms with Crippen LogP contribution in [0, 0.1) is 11.7 Å². The Kier molecular flexibility index (Phi) is 4.83. The molecule has 2 unspecified atom stereocenters. The average molecular weight is 341 g/mol. The zero-order valence-electron chi connectivity index (χ0n) is 14.0. The number of carboxylic acid groups (broad SMARTS) is 1. The first-order valence-electron chi connectivity index (χ1n) is 8.35. The number of carboxylic acids is 1. The maximum absolute atomic E-state index is 13.3. The van der Waals surface area contributed by atoms with Crippen LogP contribution in [0.15, 0.2) is 42.5 Å². The highest BCUT2D eigenvalue weighted by Gasteiger charge is 2.28. The summed E-state index contributed by atoms with van der Waals surface area (Å²) in [5, 5.41) is 11.8. The Labute approximate surface area is 145 Å². The number of benzene rings is 2. The second-order valence-corrected chi connectivity index (χ2v) is 6.56. The molecule has 2 aromatic rings. The van der Waals surface area contributed by atoms with Crippen molar-refractivity contribution in [1.29, 1.82) is 0 Å². The lowest BCUT2D eigenvalue weighted by Gasteiger charge is -2.13. The molecule has 2 N–H and O–H groups in total. The van der Waals surface area contributed by atoms with Crippen LogP contribution in [0.2, 0.25) is 0 Å². The molecule has 1 aliphatic carbocycles. The van der Waals surface area contributed by atoms with Crippen molar-refractivity contribution in [3.8, 4) is 0 Å². The molecule has 0 fully saturated rings. The molecule has 130 valence electrons. The largest absolute Gasteiger partial charge is 0.481 e. The predicted octanol–water partition coefficient (Wildman–Crippen LogP) is 3.76. The monoisotopic (exact) mass is 341 g/mol. The van der Waals surface area contributed by atoms with Crippen molar-refractivity contribution in [2.75, 3.05) is 5.32 Å². The molecular formula is C20H20FNO3. The van der Waals surface area contributed by atoms with Crippen molar-refractivity contribution < 1.29 is 19.1 Å². The summed E-state index contributed by atoms with van der Waals surface area (Å²) in [4.78, 5) is 23.4. The van der Waals surface area contributed by atoms with Gasteiger partial charge in [0.1, 0.15) is 5.82 Å². The first-order chi connectivity index (χ1) is 11.9. The van der Waals surface area contributed by atoms with E-state index in [0.29, 0.717) is 24.9 Å². The molecule has 0 spiro atoms. The number of aliphatic carboxylic acids is 1. The van der Waals surface area contributed by atoms with Gasteiger partial charge < -0.3 is 10.4 Å². The Morgan fingerprint density at radius 3 is 2.64 bits per heavy atom. The number of halogens is 1. The molecule has 0 radical (unpaired) electrons. The third kappa shape index (κ3) is 3.87. The summed E-state index contributed by atoms with van der Waals surface area (Å²) in [7, 11) is 0. The van der Waals surface area contributed by atoms with Crippen LogP contribution in [-0.4, -0.2) is 17.0 Å². The van der Waals surface area contributed by atoms with Gasteiger partial charge in [-0.15, -0.1) is 0 Å². The van der Waals surface area contributed by atoms with E-state index >= 15 is 0 Å². The van der Waals surface area contributed by atoms with Crippen LogP contribution in [0.25, 0.3) is 0 Å². The Bertz CT molecular complexity index is 801. The van der Waals surface area contributed by atoms with Gasteiger partial charge in [-0.2, -0.15) is 0 Å². The maximum atomic E-state index is 13.3. The molecule has 0 bridgehead atoms. The van der Waals surface area contributed by atoms with Gasteiger partial charge in [0.2, 0.25) is 5.91 Å². The summed E-state index contributed by atoms with van der Waals surface area (Å²) < 4.78 is 13.3. The van der Waals surface area contributed by atoms with Gasteiger partial charge in [0.25, 0.3) is 0 Å². The lowest BCUT2D eigenvalue weighted by atomic mass is 9.99. The molecule has 3 rings (SSSR count). The molecule has 0 heterocycles. The predicted molar refractivity (Wildman–Crippen MR) is 93.0 cm³/mol. The van der Waals surface area contributed by atoms with Crippen molar-refractivity contribution in [2.45, 2.75) is 32.1 Å². The van der Waals surface area contributed by atoms with E-state index in [1.807, 2.05) is 12.1 Å². The standard InChI is InChI=1S/C20H20FNO3/c1-12(20(24)25)10-13-2-6-16(7-3-13)22-19(23)18-8-4-14-11-15(21)5-9-17(14)18/h2-3,5-7,9,11-12,18H,4,8,10H2,1H3,(H,22,23)(H,24,25). The topological polar surface area (TPSA) is 66.4 Å². The fraction of sp³-hybridized carbons (Fsp3) is 0.300. The smallest absolute Gasteiger partial charge is 0.306 e. The van der Waals surface area contributed by atoms with Crippen molar-refractivity contribution in [3.05, 3.63) is 65.0 Å². The number of fused-ring (bicyclic) bond motifs is 1. The minimum Gasteiger partial charge on any atom is -0.481 e. The number of carbonyl (C=O) groups excluding carboxylic acids is 1. The summed E-state index contributed by atoms with van der Waals surface area (Å²) in [5.74, 6) is -1.91. The molecule has 2 aromatic carbocycles. The third-order valence-corrected chi connectivity index (χ3v) is 4.68. The van der Waals surface area contributed by atoms with E-state index in [2.05, 4.69) is 5.32 Å². The Balaban J connectivity index is 1.65. The molecular weight excluding hydrogens is 321 g/mol. The van der Waals surface area contributed by atoms with E-state index in [-0.39, 0.29) is 17.6 Å². The molecule has 2 atom stereocenters. The molecule has 0 saturated carbocycles. The summed E-state index contributed by atoms with van der Waals surface area (Å²) in [6, 6.07) is 11.8. The minimum atomic E-state index is -0.825. The van der Waals surface area contributed by atoms with Crippen molar-refractivity contribution >= 4 is 17.6 Å². The maximum Gasteiger partial charge on any atom is 0.306 e. The number of amides is 1. The Hall–Kier alpha value is -2.69. The number of hydrogen-bond donors (Lipinski definition) is 2. The highest BCUT2D eigenvalue weighted by Crippen LogP contribution is 2.34. The SMILES string of the molecule is CC(Cc1ccc(NC(=O)C2CCc3cc(F)ccc32)cc1)C(=O)O. The fourth-order valence-corrected chi connectivity index (χ4v) is 3.25. The number of aryl methyl sites for hydroxylation is 1. The van der Waals surface area contributed by atoms with Gasteiger partial charge in [0.05, 0.1) is 11.8 Å². The zero-order valence-corrected chi connectivity index (χ0v) is 14.0. The molecule has 5 heteroatoms. The van der Waals surface area contributed by atoms with Crippen LogP contribution < -0.4 is 5.32 Å². The Morgan fingerprint density at radius 2 is 1.96 bits per heavy atom. The average Bonchev–Trinajstić information content (AvgIpc) is 2.99. The number of nitrogens with one attached hydrogen (secondary N) is 1. The van der Waals surface area contributed by atoms with E-state index in [1.165, 1.54) is 12.1 Å². The van der Waals surface area contributed by atoms with Gasteiger partial charge >= 0.3 is 5.97 Å². The van der Waals surface area contributed by atoms with E-state index in [9.17, 15) is 14.0 Å². The van der Waals surface area contributed by atoms with E-state index < -0.39 is 11.9 Å². The van der Waals surface area contributed by atoms with Crippen LogP contribution in [0.4, 0.5) is 10.1 Å². The molecule has 1 amide bonds. The lowest BCUT2D eigenvalue weighted by Crippen LogP contribution is -2.19. The van der Waals surface area contributed by atoms with Crippen LogP contribution in [0.5, 0.6) is 0 Å². The summed E-state index contributed by atoms with van der Waals surface area (Å²) in [5.41, 5.74) is 3.38. The Morgan fingerprint density at radius 1 is 1.24 bits per heavy atom. The van der Waals surface area contributed by atoms with Crippen LogP contribution in [0.1, 0.15) is 36.0 Å². The van der Waals surface area contributed by atoms with Crippen LogP contribution in [0.3, 0.4) is 0 Å². The molecule has 0 saturated heterocycles. The van der Waals surface area contributed by atoms with Crippen molar-refractivity contribution in [3.63, 3.8) is 0 Å². The first kappa shape index (κ1) is 17.1. The molecule has 1 aliphatic rings. The van der Waals surface area contributed by atoms with Crippen LogP contribution >= 0.6 is 0 Å². The summed E-state index contributed by atoms with van der Waals surface area (Å²) >= 11 is 0. The number of hydrogen-bond acceptors (Lipinski definition) is 2. The van der Waals surface area contributed by atoms with Gasteiger partial charge in [-0.25, -0.2) is 4.39 Å². The second kappa shape index (κ2) is 7.05. The number of anilines is 1. The van der Waals surface area contributed by atoms with Crippen molar-refractivity contribution in [1.82, 2.24) is 0 Å². The quantitative estimate of drug-likeness (QED) is 0.870. The first-order valence-corrected chi connectivity index (χ1v) is 8.35. The van der Waals surface area contributed by atoms with Crippen molar-refractivity contribution in [2.24, 2.45) is 5.92 Å². The van der Waals surface area contributed by atoms with Gasteiger partial charge in [0.15, 0.2) is 0 Å².